The van der Waals surface area contributed by atoms with Crippen LogP contribution < -0.4 is 10.2 Å². The second-order valence-electron chi connectivity index (χ2n) is 5.83. The molecular formula is C17H15BrN4O4. The summed E-state index contributed by atoms with van der Waals surface area (Å²) in [6.07, 6.45) is 1.68. The molecule has 1 N–H and O–H groups in total. The number of furan rings is 1. The lowest BCUT2D eigenvalue weighted by molar-refractivity contribution is -0.402. The molecule has 4 rings (SSSR count). The quantitative estimate of drug-likeness (QED) is 0.466. The maximum Gasteiger partial charge on any atom is 0.433 e. The molecule has 3 heterocycles. The van der Waals surface area contributed by atoms with Crippen molar-refractivity contribution < 1.29 is 14.1 Å². The number of benzene rings is 1. The minimum absolute atomic E-state index is 0.101. The van der Waals surface area contributed by atoms with Crippen molar-refractivity contribution in [2.24, 2.45) is 4.99 Å². The first-order valence-corrected chi connectivity index (χ1v) is 8.84. The summed E-state index contributed by atoms with van der Waals surface area (Å²) in [6.45, 7) is 0.716. The number of rotatable bonds is 4. The number of nitrogens with one attached hydrogen (secondary N) is 1. The maximum absolute atomic E-state index is 10.9. The van der Waals surface area contributed by atoms with Crippen LogP contribution in [0.15, 0.2) is 51.9 Å². The Morgan fingerprint density at radius 2 is 2.12 bits per heavy atom. The van der Waals surface area contributed by atoms with Gasteiger partial charge in [-0.1, -0.05) is 15.9 Å². The fourth-order valence-corrected chi connectivity index (χ4v) is 3.47. The van der Waals surface area contributed by atoms with E-state index in [4.69, 9.17) is 14.1 Å². The SMILES string of the molecule is COc1ccc(C2=CC(c3ccc([N+](=O)[O-])o3)=NC3C(Br)CNN23)cc1. The third-order valence-electron chi connectivity index (χ3n) is 4.26. The van der Waals surface area contributed by atoms with Crippen molar-refractivity contribution in [2.75, 3.05) is 13.7 Å². The third-order valence-corrected chi connectivity index (χ3v) is 5.06. The number of methoxy groups -OCH3 is 1. The summed E-state index contributed by atoms with van der Waals surface area (Å²) in [5.41, 5.74) is 5.77. The Morgan fingerprint density at radius 3 is 2.77 bits per heavy atom. The van der Waals surface area contributed by atoms with Gasteiger partial charge in [0.2, 0.25) is 0 Å². The van der Waals surface area contributed by atoms with Crippen molar-refractivity contribution >= 4 is 33.2 Å². The highest BCUT2D eigenvalue weighted by molar-refractivity contribution is 9.09. The van der Waals surface area contributed by atoms with Gasteiger partial charge in [-0.25, -0.2) is 5.43 Å². The monoisotopic (exact) mass is 418 g/mol. The number of nitro groups is 1. The van der Waals surface area contributed by atoms with Gasteiger partial charge in [-0.15, -0.1) is 0 Å². The average molecular weight is 419 g/mol. The molecule has 1 fully saturated rings. The van der Waals surface area contributed by atoms with Gasteiger partial charge in [-0.05, 0) is 42.0 Å². The molecule has 1 saturated heterocycles. The van der Waals surface area contributed by atoms with Crippen LogP contribution in [0.25, 0.3) is 5.70 Å². The first-order chi connectivity index (χ1) is 12.6. The highest BCUT2D eigenvalue weighted by Gasteiger charge is 2.37. The Balaban J connectivity index is 1.76. The molecule has 1 aromatic heterocycles. The zero-order valence-corrected chi connectivity index (χ0v) is 15.3. The van der Waals surface area contributed by atoms with Crippen LogP contribution in [0.4, 0.5) is 5.88 Å². The second kappa shape index (κ2) is 6.58. The molecule has 2 unspecified atom stereocenters. The number of allylic oxidation sites excluding steroid dienone is 1. The van der Waals surface area contributed by atoms with E-state index in [9.17, 15) is 10.1 Å². The summed E-state index contributed by atoms with van der Waals surface area (Å²) < 4.78 is 10.6. The number of ether oxygens (including phenoxy) is 1. The Bertz CT molecular complexity index is 906. The van der Waals surface area contributed by atoms with E-state index in [0.717, 1.165) is 17.0 Å². The number of hydrogen-bond acceptors (Lipinski definition) is 7. The largest absolute Gasteiger partial charge is 0.497 e. The Kier molecular flexibility index (Phi) is 4.25. The predicted molar refractivity (Wildman–Crippen MR) is 99.2 cm³/mol. The second-order valence-corrected chi connectivity index (χ2v) is 7.01. The van der Waals surface area contributed by atoms with Gasteiger partial charge in [-0.3, -0.25) is 20.1 Å². The van der Waals surface area contributed by atoms with Crippen molar-refractivity contribution in [3.8, 4) is 5.75 Å². The van der Waals surface area contributed by atoms with E-state index in [1.165, 1.54) is 6.07 Å². The molecule has 2 aliphatic rings. The molecule has 26 heavy (non-hydrogen) atoms. The molecule has 0 spiro atoms. The molecule has 0 radical (unpaired) electrons. The average Bonchev–Trinajstić information content (AvgIpc) is 3.29. The third kappa shape index (κ3) is 2.89. The molecule has 0 saturated carbocycles. The zero-order valence-electron chi connectivity index (χ0n) is 13.8. The topological polar surface area (TPSA) is 93.1 Å². The first kappa shape index (κ1) is 16.8. The van der Waals surface area contributed by atoms with Crippen LogP contribution in [0, 0.1) is 10.1 Å². The van der Waals surface area contributed by atoms with E-state index in [2.05, 4.69) is 21.4 Å². The summed E-state index contributed by atoms with van der Waals surface area (Å²) >= 11 is 3.63. The molecule has 0 bridgehead atoms. The zero-order chi connectivity index (χ0) is 18.3. The number of alkyl halides is 1. The molecule has 1 aromatic carbocycles. The Morgan fingerprint density at radius 1 is 1.35 bits per heavy atom. The van der Waals surface area contributed by atoms with Gasteiger partial charge in [0.15, 0.2) is 5.76 Å². The summed E-state index contributed by atoms with van der Waals surface area (Å²) in [7, 11) is 1.62. The van der Waals surface area contributed by atoms with Crippen molar-refractivity contribution in [3.05, 3.63) is 63.9 Å². The van der Waals surface area contributed by atoms with Crippen LogP contribution in [0.2, 0.25) is 0 Å². The van der Waals surface area contributed by atoms with E-state index >= 15 is 0 Å². The number of hydrogen-bond donors (Lipinski definition) is 1. The molecular weight excluding hydrogens is 404 g/mol. The van der Waals surface area contributed by atoms with Crippen molar-refractivity contribution in [1.29, 1.82) is 0 Å². The van der Waals surface area contributed by atoms with E-state index in [0.29, 0.717) is 18.0 Å². The lowest BCUT2D eigenvalue weighted by atomic mass is 10.1. The molecule has 0 aliphatic carbocycles. The Hall–Kier alpha value is -2.65. The van der Waals surface area contributed by atoms with Gasteiger partial charge in [0.1, 0.15) is 22.6 Å². The van der Waals surface area contributed by atoms with Gasteiger partial charge in [0, 0.05) is 6.54 Å². The molecule has 2 aliphatic heterocycles. The molecule has 8 nitrogen and oxygen atoms in total. The molecule has 2 atom stereocenters. The fourth-order valence-electron chi connectivity index (χ4n) is 2.97. The van der Waals surface area contributed by atoms with Crippen LogP contribution >= 0.6 is 15.9 Å². The van der Waals surface area contributed by atoms with E-state index in [-0.39, 0.29) is 16.9 Å². The van der Waals surface area contributed by atoms with Crippen LogP contribution in [0.5, 0.6) is 5.75 Å². The first-order valence-electron chi connectivity index (χ1n) is 7.92. The van der Waals surface area contributed by atoms with Crippen molar-refractivity contribution in [2.45, 2.75) is 11.0 Å². The molecule has 0 amide bonds. The maximum atomic E-state index is 10.9. The minimum Gasteiger partial charge on any atom is -0.497 e. The van der Waals surface area contributed by atoms with Gasteiger partial charge >= 0.3 is 5.88 Å². The summed E-state index contributed by atoms with van der Waals surface area (Å²) in [4.78, 5) is 15.1. The van der Waals surface area contributed by atoms with Gasteiger partial charge in [-0.2, -0.15) is 0 Å². The molecule has 2 aromatic rings. The van der Waals surface area contributed by atoms with E-state index in [1.54, 1.807) is 13.2 Å². The Labute approximate surface area is 157 Å². The molecule has 9 heteroatoms. The number of halogens is 1. The standard InChI is InChI=1S/C17H15BrN4O4/c1-25-11-4-2-10(3-5-11)14-8-13(15-6-7-16(26-15)22(23)24)20-17-12(18)9-19-21(14)17/h2-8,12,17,19H,9H2,1H3. The number of hydrazine groups is 1. The number of nitrogens with zero attached hydrogens (tertiary/aromatic N) is 3. The summed E-state index contributed by atoms with van der Waals surface area (Å²) in [5, 5.41) is 12.9. The predicted octanol–water partition coefficient (Wildman–Crippen LogP) is 2.95. The van der Waals surface area contributed by atoms with Gasteiger partial charge in [0.05, 0.1) is 23.7 Å². The van der Waals surface area contributed by atoms with Crippen LogP contribution in [-0.2, 0) is 0 Å². The van der Waals surface area contributed by atoms with E-state index in [1.807, 2.05) is 35.4 Å². The highest BCUT2D eigenvalue weighted by atomic mass is 79.9. The highest BCUT2D eigenvalue weighted by Crippen LogP contribution is 2.33. The number of fused-ring (bicyclic) bond motifs is 1. The normalized spacial score (nSPS) is 21.8. The molecule has 134 valence electrons. The number of aliphatic imine (C=N–C) groups is 1. The van der Waals surface area contributed by atoms with Crippen LogP contribution in [-0.4, -0.2) is 40.3 Å². The van der Waals surface area contributed by atoms with Gasteiger partial charge < -0.3 is 9.15 Å². The smallest absolute Gasteiger partial charge is 0.433 e. The summed E-state index contributed by atoms with van der Waals surface area (Å²) in [5.74, 6) is 0.837. The van der Waals surface area contributed by atoms with E-state index < -0.39 is 4.92 Å². The minimum atomic E-state index is -0.558. The van der Waals surface area contributed by atoms with Gasteiger partial charge in [0.25, 0.3) is 0 Å². The lowest BCUT2D eigenvalue weighted by Gasteiger charge is -2.31. The lowest BCUT2D eigenvalue weighted by Crippen LogP contribution is -2.39. The van der Waals surface area contributed by atoms with Crippen LogP contribution in [0.3, 0.4) is 0 Å². The van der Waals surface area contributed by atoms with Crippen molar-refractivity contribution in [1.82, 2.24) is 10.4 Å². The van der Waals surface area contributed by atoms with Crippen molar-refractivity contribution in [3.63, 3.8) is 0 Å². The summed E-state index contributed by atoms with van der Waals surface area (Å²) in [6, 6.07) is 10.6. The van der Waals surface area contributed by atoms with Crippen LogP contribution in [0.1, 0.15) is 11.3 Å². The fraction of sp³-hybridized carbons (Fsp3) is 0.235.